The summed E-state index contributed by atoms with van der Waals surface area (Å²) in [4.78, 5) is 0. The first-order chi connectivity index (χ1) is 8.65. The van der Waals surface area contributed by atoms with Gasteiger partial charge in [0.1, 0.15) is 0 Å². The molecule has 2 aromatic rings. The van der Waals surface area contributed by atoms with E-state index in [1.807, 2.05) is 37.3 Å². The van der Waals surface area contributed by atoms with Crippen molar-refractivity contribution in [2.45, 2.75) is 6.92 Å². The van der Waals surface area contributed by atoms with Crippen molar-refractivity contribution in [3.63, 3.8) is 0 Å². The molecule has 3 nitrogen and oxygen atoms in total. The number of nitrogens with zero attached hydrogens (tertiary/aromatic N) is 1. The van der Waals surface area contributed by atoms with Crippen molar-refractivity contribution in [3.8, 4) is 17.2 Å². The number of nitriles is 1. The fourth-order valence-corrected chi connectivity index (χ4v) is 2.06. The molecular weight excluding hydrogens is 225 g/mol. The first-order valence-corrected chi connectivity index (χ1v) is 5.60. The maximum absolute atomic E-state index is 9.43. The molecule has 18 heavy (non-hydrogen) atoms. The van der Waals surface area contributed by atoms with E-state index in [1.165, 1.54) is 0 Å². The zero-order chi connectivity index (χ0) is 13.1. The summed E-state index contributed by atoms with van der Waals surface area (Å²) in [6.45, 7) is 1.81. The molecule has 4 heteroatoms. The Morgan fingerprint density at radius 2 is 1.72 bits per heavy atom. The van der Waals surface area contributed by atoms with Crippen molar-refractivity contribution >= 4 is 12.6 Å². The molecule has 2 aromatic carbocycles. The van der Waals surface area contributed by atoms with E-state index in [0.29, 0.717) is 16.6 Å². The maximum atomic E-state index is 9.43. The van der Waals surface area contributed by atoms with Crippen LogP contribution in [0, 0.1) is 18.3 Å². The van der Waals surface area contributed by atoms with Crippen LogP contribution in [-0.4, -0.2) is 17.2 Å². The molecule has 0 fully saturated rings. The minimum absolute atomic E-state index is 0.415. The van der Waals surface area contributed by atoms with Gasteiger partial charge in [0.05, 0.1) is 11.6 Å². The number of hydrogen-bond donors (Lipinski definition) is 2. The second-order valence-electron chi connectivity index (χ2n) is 4.05. The fourth-order valence-electron chi connectivity index (χ4n) is 2.06. The van der Waals surface area contributed by atoms with Gasteiger partial charge in [0, 0.05) is 0 Å². The Labute approximate surface area is 106 Å². The van der Waals surface area contributed by atoms with Crippen LogP contribution in [0.4, 0.5) is 0 Å². The second-order valence-corrected chi connectivity index (χ2v) is 4.05. The van der Waals surface area contributed by atoms with E-state index in [0.717, 1.165) is 11.1 Å². The molecule has 0 spiro atoms. The molecule has 0 bridgehead atoms. The summed E-state index contributed by atoms with van der Waals surface area (Å²) in [5, 5.41) is 27.9. The SMILES string of the molecule is Cc1c(C#N)ccc(B(O)O)c1-c1ccccc1. The molecule has 0 aliphatic carbocycles. The topological polar surface area (TPSA) is 64.2 Å². The maximum Gasteiger partial charge on any atom is 0.489 e. The van der Waals surface area contributed by atoms with Gasteiger partial charge in [-0.3, -0.25) is 0 Å². The van der Waals surface area contributed by atoms with E-state index < -0.39 is 7.12 Å². The minimum atomic E-state index is -1.55. The van der Waals surface area contributed by atoms with E-state index in [-0.39, 0.29) is 0 Å². The highest BCUT2D eigenvalue weighted by Crippen LogP contribution is 2.23. The lowest BCUT2D eigenvalue weighted by atomic mass is 9.73. The Kier molecular flexibility index (Phi) is 3.47. The van der Waals surface area contributed by atoms with Gasteiger partial charge in [-0.05, 0) is 35.1 Å². The molecule has 2 N–H and O–H groups in total. The molecule has 0 aliphatic rings. The lowest BCUT2D eigenvalue weighted by Gasteiger charge is -2.13. The zero-order valence-electron chi connectivity index (χ0n) is 9.96. The standard InChI is InChI=1S/C14H12BNO2/c1-10-12(9-16)7-8-13(15(17)18)14(10)11-5-3-2-4-6-11/h2-8,17-18H,1H3. The van der Waals surface area contributed by atoms with Gasteiger partial charge in [-0.2, -0.15) is 5.26 Å². The largest absolute Gasteiger partial charge is 0.489 e. The molecule has 0 unspecified atom stereocenters. The summed E-state index contributed by atoms with van der Waals surface area (Å²) in [6, 6.07) is 14.7. The predicted octanol–water partition coefficient (Wildman–Crippen LogP) is 1.21. The van der Waals surface area contributed by atoms with Crippen LogP contribution in [0.1, 0.15) is 11.1 Å². The van der Waals surface area contributed by atoms with Gasteiger partial charge >= 0.3 is 7.12 Å². The van der Waals surface area contributed by atoms with E-state index in [9.17, 15) is 10.0 Å². The summed E-state index contributed by atoms with van der Waals surface area (Å²) in [5.74, 6) is 0. The average Bonchev–Trinajstić information content (AvgIpc) is 2.39. The average molecular weight is 237 g/mol. The Hall–Kier alpha value is -2.09. The van der Waals surface area contributed by atoms with Gasteiger partial charge in [0.2, 0.25) is 0 Å². The monoisotopic (exact) mass is 237 g/mol. The van der Waals surface area contributed by atoms with Gasteiger partial charge in [-0.15, -0.1) is 0 Å². The predicted molar refractivity (Wildman–Crippen MR) is 71.2 cm³/mol. The Morgan fingerprint density at radius 1 is 1.06 bits per heavy atom. The quantitative estimate of drug-likeness (QED) is 0.771. The van der Waals surface area contributed by atoms with Crippen LogP contribution < -0.4 is 5.46 Å². The van der Waals surface area contributed by atoms with E-state index in [2.05, 4.69) is 6.07 Å². The van der Waals surface area contributed by atoms with Crippen LogP contribution in [0.15, 0.2) is 42.5 Å². The Bertz CT molecular complexity index is 603. The van der Waals surface area contributed by atoms with Gasteiger partial charge in [-0.25, -0.2) is 0 Å². The van der Waals surface area contributed by atoms with Crippen molar-refractivity contribution < 1.29 is 10.0 Å². The minimum Gasteiger partial charge on any atom is -0.423 e. The molecule has 0 heterocycles. The van der Waals surface area contributed by atoms with E-state index in [1.54, 1.807) is 12.1 Å². The number of rotatable bonds is 2. The van der Waals surface area contributed by atoms with Crippen LogP contribution in [0.5, 0.6) is 0 Å². The highest BCUT2D eigenvalue weighted by molar-refractivity contribution is 6.60. The fraction of sp³-hybridized carbons (Fsp3) is 0.0714. The highest BCUT2D eigenvalue weighted by Gasteiger charge is 2.20. The molecule has 0 aromatic heterocycles. The summed E-state index contributed by atoms with van der Waals surface area (Å²) >= 11 is 0. The molecule has 2 rings (SSSR count). The molecule has 0 amide bonds. The Morgan fingerprint density at radius 3 is 2.28 bits per heavy atom. The Balaban J connectivity index is 2.74. The van der Waals surface area contributed by atoms with Crippen molar-refractivity contribution in [2.24, 2.45) is 0 Å². The third-order valence-electron chi connectivity index (χ3n) is 2.96. The summed E-state index contributed by atoms with van der Waals surface area (Å²) < 4.78 is 0. The van der Waals surface area contributed by atoms with Crippen LogP contribution >= 0.6 is 0 Å². The summed E-state index contributed by atoms with van der Waals surface area (Å²) in [5.41, 5.74) is 3.30. The van der Waals surface area contributed by atoms with Gasteiger partial charge in [-0.1, -0.05) is 36.4 Å². The van der Waals surface area contributed by atoms with Crippen LogP contribution in [-0.2, 0) is 0 Å². The van der Waals surface area contributed by atoms with Gasteiger partial charge < -0.3 is 10.0 Å². The van der Waals surface area contributed by atoms with E-state index >= 15 is 0 Å². The summed E-state index contributed by atoms with van der Waals surface area (Å²) in [7, 11) is -1.55. The molecule has 0 saturated carbocycles. The highest BCUT2D eigenvalue weighted by atomic mass is 16.4. The van der Waals surface area contributed by atoms with Crippen molar-refractivity contribution in [1.82, 2.24) is 0 Å². The smallest absolute Gasteiger partial charge is 0.423 e. The third kappa shape index (κ3) is 2.14. The molecule has 88 valence electrons. The zero-order valence-corrected chi connectivity index (χ0v) is 9.96. The van der Waals surface area contributed by atoms with Crippen LogP contribution in [0.2, 0.25) is 0 Å². The summed E-state index contributed by atoms with van der Waals surface area (Å²) in [6.07, 6.45) is 0. The van der Waals surface area contributed by atoms with Gasteiger partial charge in [0.15, 0.2) is 0 Å². The van der Waals surface area contributed by atoms with Crippen molar-refractivity contribution in [3.05, 3.63) is 53.6 Å². The van der Waals surface area contributed by atoms with Crippen molar-refractivity contribution in [1.29, 1.82) is 5.26 Å². The van der Waals surface area contributed by atoms with Gasteiger partial charge in [0.25, 0.3) is 0 Å². The molecular formula is C14H12BNO2. The number of benzene rings is 2. The molecule has 0 aliphatic heterocycles. The lowest BCUT2D eigenvalue weighted by molar-refractivity contribution is 0.426. The molecule has 0 saturated heterocycles. The van der Waals surface area contributed by atoms with Crippen LogP contribution in [0.3, 0.4) is 0 Å². The molecule has 0 radical (unpaired) electrons. The van der Waals surface area contributed by atoms with Crippen molar-refractivity contribution in [2.75, 3.05) is 0 Å². The lowest BCUT2D eigenvalue weighted by Crippen LogP contribution is -2.32. The third-order valence-corrected chi connectivity index (χ3v) is 2.96. The van der Waals surface area contributed by atoms with E-state index in [4.69, 9.17) is 5.26 Å². The molecule has 0 atom stereocenters. The van der Waals surface area contributed by atoms with Crippen LogP contribution in [0.25, 0.3) is 11.1 Å². The first-order valence-electron chi connectivity index (χ1n) is 5.60. The normalized spacial score (nSPS) is 9.89. The number of hydrogen-bond acceptors (Lipinski definition) is 3. The second kappa shape index (κ2) is 5.05. The first kappa shape index (κ1) is 12.4.